The van der Waals surface area contributed by atoms with Gasteiger partial charge in [0.1, 0.15) is 0 Å². The van der Waals surface area contributed by atoms with Crippen molar-refractivity contribution in [3.05, 3.63) is 0 Å². The number of nitrogens with zero attached hydrogens (tertiary/aromatic N) is 1. The predicted molar refractivity (Wildman–Crippen MR) is 52.3 cm³/mol. The van der Waals surface area contributed by atoms with Crippen LogP contribution in [-0.4, -0.2) is 23.4 Å². The molecule has 12 heavy (non-hydrogen) atoms. The van der Waals surface area contributed by atoms with Gasteiger partial charge < -0.3 is 4.52 Å². The van der Waals surface area contributed by atoms with Crippen molar-refractivity contribution in [1.82, 2.24) is 4.67 Å². The van der Waals surface area contributed by atoms with Crippen LogP contribution < -0.4 is 0 Å². The quantitative estimate of drug-likeness (QED) is 0.566. The molecule has 0 aromatic rings. The molecule has 2 nitrogen and oxygen atoms in total. The Labute approximate surface area is 79.9 Å². The second-order valence-electron chi connectivity index (χ2n) is 3.97. The molecule has 4 heteroatoms. The van der Waals surface area contributed by atoms with Crippen LogP contribution >= 0.6 is 18.9 Å². The largest absolute Gasteiger partial charge is 0.323 e. The molecule has 0 aromatic heterocycles. The number of rotatable bonds is 0. The van der Waals surface area contributed by atoms with E-state index < -0.39 is 7.65 Å². The van der Waals surface area contributed by atoms with E-state index in [1.165, 1.54) is 25.7 Å². The Morgan fingerprint density at radius 2 is 2.33 bits per heavy atom. The topological polar surface area (TPSA) is 12.5 Å². The lowest BCUT2D eigenvalue weighted by atomic mass is 9.82. The first-order valence-electron chi connectivity index (χ1n) is 4.51. The molecule has 0 spiro atoms. The van der Waals surface area contributed by atoms with Crippen molar-refractivity contribution >= 4 is 18.9 Å². The summed E-state index contributed by atoms with van der Waals surface area (Å²) in [5.41, 5.74) is 0.0560. The van der Waals surface area contributed by atoms with Gasteiger partial charge in [-0.05, 0) is 38.1 Å². The highest BCUT2D eigenvalue weighted by Gasteiger charge is 2.49. The van der Waals surface area contributed by atoms with Gasteiger partial charge in [0.15, 0.2) is 0 Å². The van der Waals surface area contributed by atoms with Crippen molar-refractivity contribution in [2.24, 2.45) is 0 Å². The minimum absolute atomic E-state index is 0.0560. The van der Waals surface area contributed by atoms with Crippen LogP contribution in [0.25, 0.3) is 0 Å². The second-order valence-corrected chi connectivity index (χ2v) is 6.10. The van der Waals surface area contributed by atoms with E-state index in [1.54, 1.807) is 0 Å². The Morgan fingerprint density at radius 1 is 1.58 bits per heavy atom. The Bertz CT molecular complexity index is 192. The molecule has 1 aliphatic carbocycles. The first-order chi connectivity index (χ1) is 5.63. The third-order valence-electron chi connectivity index (χ3n) is 3.09. The fourth-order valence-corrected chi connectivity index (χ4v) is 4.37. The van der Waals surface area contributed by atoms with Crippen LogP contribution in [0.15, 0.2) is 0 Å². The van der Waals surface area contributed by atoms with Crippen molar-refractivity contribution < 1.29 is 4.52 Å². The minimum Gasteiger partial charge on any atom is -0.323 e. The molecule has 2 rings (SSSR count). The number of likely N-dealkylation sites (N-methyl/N-ethyl adjacent to an activating group) is 1. The third kappa shape index (κ3) is 1.29. The number of fused-ring (bicyclic) bond motifs is 1. The van der Waals surface area contributed by atoms with Gasteiger partial charge in [-0.15, -0.1) is 0 Å². The zero-order valence-corrected chi connectivity index (χ0v) is 9.24. The van der Waals surface area contributed by atoms with Crippen LogP contribution in [0.1, 0.15) is 32.6 Å². The van der Waals surface area contributed by atoms with Crippen molar-refractivity contribution in [3.8, 4) is 0 Å². The Balaban J connectivity index is 2.18. The molecule has 0 aromatic carbocycles. The van der Waals surface area contributed by atoms with Gasteiger partial charge in [-0.2, -0.15) is 0 Å². The maximum atomic E-state index is 6.10. The highest BCUT2D eigenvalue weighted by Crippen LogP contribution is 2.61. The summed E-state index contributed by atoms with van der Waals surface area (Å²) in [7, 11) is 1.26. The van der Waals surface area contributed by atoms with Crippen molar-refractivity contribution in [2.75, 3.05) is 7.05 Å². The summed E-state index contributed by atoms with van der Waals surface area (Å²) in [6.45, 7) is 2.21. The smallest absolute Gasteiger partial charge is 0.207 e. The molecule has 70 valence electrons. The normalized spacial score (nSPS) is 49.2. The van der Waals surface area contributed by atoms with Crippen molar-refractivity contribution in [1.29, 1.82) is 0 Å². The van der Waals surface area contributed by atoms with Gasteiger partial charge in [-0.3, -0.25) is 0 Å². The molecule has 1 unspecified atom stereocenters. The number of hydrogen-bond acceptors (Lipinski definition) is 2. The monoisotopic (exact) mass is 207 g/mol. The summed E-state index contributed by atoms with van der Waals surface area (Å²) in [5.74, 6) is 0. The summed E-state index contributed by atoms with van der Waals surface area (Å²) in [6.07, 6.45) is 5.04. The van der Waals surface area contributed by atoms with E-state index >= 15 is 0 Å². The molecule has 1 aliphatic heterocycles. The van der Waals surface area contributed by atoms with Crippen LogP contribution in [-0.2, 0) is 4.52 Å². The van der Waals surface area contributed by atoms with E-state index in [1.807, 2.05) is 0 Å². The standard InChI is InChI=1S/C8H15ClNOP/c1-8-6-4-3-5-7(8)10(2)12(9)11-8/h7H,3-6H2,1-2H3/t7-,8-,12?/m0/s1. The van der Waals surface area contributed by atoms with Crippen LogP contribution in [0.3, 0.4) is 0 Å². The van der Waals surface area contributed by atoms with Crippen LogP contribution in [0.4, 0.5) is 0 Å². The van der Waals surface area contributed by atoms with Gasteiger partial charge in [-0.1, -0.05) is 12.8 Å². The molecular weight excluding hydrogens is 193 g/mol. The lowest BCUT2D eigenvalue weighted by Gasteiger charge is -2.35. The van der Waals surface area contributed by atoms with E-state index in [0.717, 1.165) is 0 Å². The maximum Gasteiger partial charge on any atom is 0.207 e. The zero-order chi connectivity index (χ0) is 8.77. The molecule has 2 fully saturated rings. The number of hydrogen-bond donors (Lipinski definition) is 0. The Kier molecular flexibility index (Phi) is 2.37. The Morgan fingerprint density at radius 3 is 3.00 bits per heavy atom. The van der Waals surface area contributed by atoms with Gasteiger partial charge in [0.05, 0.1) is 5.60 Å². The predicted octanol–water partition coefficient (Wildman–Crippen LogP) is 3.12. The van der Waals surface area contributed by atoms with Crippen LogP contribution in [0.5, 0.6) is 0 Å². The highest BCUT2D eigenvalue weighted by molar-refractivity contribution is 7.78. The Hall–Kier alpha value is 0.640. The number of halogens is 1. The fraction of sp³-hybridized carbons (Fsp3) is 1.00. The zero-order valence-electron chi connectivity index (χ0n) is 7.59. The second kappa shape index (κ2) is 3.09. The van der Waals surface area contributed by atoms with E-state index in [0.29, 0.717) is 6.04 Å². The lowest BCUT2D eigenvalue weighted by Crippen LogP contribution is -2.43. The van der Waals surface area contributed by atoms with Crippen LogP contribution in [0, 0.1) is 0 Å². The van der Waals surface area contributed by atoms with Crippen LogP contribution in [0.2, 0.25) is 0 Å². The molecule has 1 saturated heterocycles. The molecule has 2 aliphatic rings. The summed E-state index contributed by atoms with van der Waals surface area (Å²) >= 11 is 6.10. The fourth-order valence-electron chi connectivity index (χ4n) is 2.32. The van der Waals surface area contributed by atoms with E-state index in [9.17, 15) is 0 Å². The van der Waals surface area contributed by atoms with Gasteiger partial charge in [0.25, 0.3) is 0 Å². The first-order valence-corrected chi connectivity index (χ1v) is 6.63. The average molecular weight is 208 g/mol. The molecule has 0 N–H and O–H groups in total. The highest BCUT2D eigenvalue weighted by atomic mass is 35.7. The van der Waals surface area contributed by atoms with E-state index in [-0.39, 0.29) is 5.60 Å². The average Bonchev–Trinajstić information content (AvgIpc) is 2.24. The van der Waals surface area contributed by atoms with Gasteiger partial charge >= 0.3 is 0 Å². The minimum atomic E-state index is -0.820. The summed E-state index contributed by atoms with van der Waals surface area (Å²) in [5, 5.41) is 0. The van der Waals surface area contributed by atoms with Gasteiger partial charge in [0, 0.05) is 6.04 Å². The van der Waals surface area contributed by atoms with Crippen molar-refractivity contribution in [2.45, 2.75) is 44.2 Å². The van der Waals surface area contributed by atoms with Gasteiger partial charge in [0.2, 0.25) is 7.65 Å². The molecule has 1 saturated carbocycles. The molecule has 1 heterocycles. The van der Waals surface area contributed by atoms with E-state index in [4.69, 9.17) is 15.8 Å². The molecule has 0 radical (unpaired) electrons. The molecule has 3 atom stereocenters. The molecule has 0 bridgehead atoms. The first kappa shape index (κ1) is 9.21. The summed E-state index contributed by atoms with van der Waals surface area (Å²) in [6, 6.07) is 0.565. The lowest BCUT2D eigenvalue weighted by molar-refractivity contribution is 0.0487. The van der Waals surface area contributed by atoms with E-state index in [2.05, 4.69) is 18.6 Å². The SMILES string of the molecule is CN1[C@H]2CCCC[C@]2(C)OP1Cl. The summed E-state index contributed by atoms with van der Waals surface area (Å²) < 4.78 is 8.04. The van der Waals surface area contributed by atoms with Crippen molar-refractivity contribution in [3.63, 3.8) is 0 Å². The summed E-state index contributed by atoms with van der Waals surface area (Å²) in [4.78, 5) is 0. The maximum absolute atomic E-state index is 6.10. The third-order valence-corrected chi connectivity index (χ3v) is 5.35. The molecule has 0 amide bonds. The molecular formula is C8H15ClNOP. The van der Waals surface area contributed by atoms with Gasteiger partial charge in [-0.25, -0.2) is 4.67 Å².